The lowest BCUT2D eigenvalue weighted by molar-refractivity contribution is 0.104. The minimum absolute atomic E-state index is 0.0910. The van der Waals surface area contributed by atoms with E-state index >= 15 is 0 Å². The van der Waals surface area contributed by atoms with Crippen molar-refractivity contribution < 1.29 is 4.79 Å². The molecule has 0 saturated heterocycles. The molecule has 0 atom stereocenters. The van der Waals surface area contributed by atoms with Gasteiger partial charge in [0.25, 0.3) is 0 Å². The van der Waals surface area contributed by atoms with Gasteiger partial charge >= 0.3 is 0 Å². The molecule has 0 aliphatic carbocycles. The van der Waals surface area contributed by atoms with Crippen molar-refractivity contribution in [2.75, 3.05) is 0 Å². The van der Waals surface area contributed by atoms with Gasteiger partial charge in [-0.25, -0.2) is 0 Å². The van der Waals surface area contributed by atoms with Gasteiger partial charge < -0.3 is 0 Å². The van der Waals surface area contributed by atoms with Crippen LogP contribution in [-0.2, 0) is 0 Å². The predicted octanol–water partition coefficient (Wildman–Crippen LogP) is 4.14. The maximum absolute atomic E-state index is 11.6. The third-order valence-corrected chi connectivity index (χ3v) is 2.16. The highest BCUT2D eigenvalue weighted by atomic mass is 35.5. The topological polar surface area (TPSA) is 17.1 Å². The molecule has 0 N–H and O–H groups in total. The van der Waals surface area contributed by atoms with E-state index in [-0.39, 0.29) is 5.78 Å². The molecule has 1 aromatic carbocycles. The van der Waals surface area contributed by atoms with Gasteiger partial charge in [0.2, 0.25) is 0 Å². The Balaban J connectivity index is 3.08. The summed E-state index contributed by atoms with van der Waals surface area (Å²) >= 11 is 11.6. The van der Waals surface area contributed by atoms with Crippen LogP contribution >= 0.6 is 23.2 Å². The van der Waals surface area contributed by atoms with Crippen LogP contribution in [0, 0.1) is 0 Å². The largest absolute Gasteiger partial charge is 0.289 e. The third-order valence-electron chi connectivity index (χ3n) is 1.62. The Morgan fingerprint density at radius 1 is 1.29 bits per heavy atom. The first kappa shape index (κ1) is 11.3. The second kappa shape index (κ2) is 4.63. The molecule has 0 aliphatic heterocycles. The van der Waals surface area contributed by atoms with Gasteiger partial charge in [0.1, 0.15) is 0 Å². The van der Waals surface area contributed by atoms with Crippen LogP contribution in [0.2, 0.25) is 10.0 Å². The van der Waals surface area contributed by atoms with E-state index in [2.05, 4.69) is 0 Å². The van der Waals surface area contributed by atoms with Crippen molar-refractivity contribution in [3.63, 3.8) is 0 Å². The average molecular weight is 229 g/mol. The summed E-state index contributed by atoms with van der Waals surface area (Å²) < 4.78 is 0. The number of allylic oxidation sites excluding steroid dienone is 2. The lowest BCUT2D eigenvalue weighted by Gasteiger charge is -2.00. The normalized spacial score (nSPS) is 9.71. The van der Waals surface area contributed by atoms with E-state index in [1.165, 1.54) is 0 Å². The molecule has 0 heterocycles. The Hall–Kier alpha value is -0.790. The fourth-order valence-electron chi connectivity index (χ4n) is 1.03. The van der Waals surface area contributed by atoms with Crippen molar-refractivity contribution in [3.8, 4) is 0 Å². The van der Waals surface area contributed by atoms with Gasteiger partial charge in [-0.15, -0.1) is 0 Å². The van der Waals surface area contributed by atoms with Crippen molar-refractivity contribution in [3.05, 3.63) is 45.5 Å². The summed E-state index contributed by atoms with van der Waals surface area (Å²) in [5.74, 6) is -0.0910. The highest BCUT2D eigenvalue weighted by Crippen LogP contribution is 2.21. The number of halogens is 2. The van der Waals surface area contributed by atoms with Crippen LogP contribution < -0.4 is 0 Å². The van der Waals surface area contributed by atoms with Crippen LogP contribution in [0.3, 0.4) is 0 Å². The summed E-state index contributed by atoms with van der Waals surface area (Å²) in [7, 11) is 0. The van der Waals surface area contributed by atoms with Crippen LogP contribution in [0.25, 0.3) is 0 Å². The maximum Gasteiger partial charge on any atom is 0.187 e. The molecular weight excluding hydrogens is 219 g/mol. The van der Waals surface area contributed by atoms with E-state index in [4.69, 9.17) is 23.2 Å². The molecule has 1 aromatic rings. The Morgan fingerprint density at radius 2 is 1.93 bits per heavy atom. The minimum atomic E-state index is -0.0910. The minimum Gasteiger partial charge on any atom is -0.289 e. The van der Waals surface area contributed by atoms with E-state index in [1.54, 1.807) is 24.3 Å². The fourth-order valence-corrected chi connectivity index (χ4v) is 1.53. The lowest BCUT2D eigenvalue weighted by atomic mass is 10.1. The van der Waals surface area contributed by atoms with Crippen molar-refractivity contribution in [1.82, 2.24) is 0 Å². The number of hydrogen-bond donors (Lipinski definition) is 0. The first-order chi connectivity index (χ1) is 6.50. The predicted molar refractivity (Wildman–Crippen MR) is 60.2 cm³/mol. The highest BCUT2D eigenvalue weighted by molar-refractivity contribution is 6.37. The van der Waals surface area contributed by atoms with E-state index in [9.17, 15) is 4.79 Å². The van der Waals surface area contributed by atoms with Crippen LogP contribution in [-0.4, -0.2) is 5.78 Å². The smallest absolute Gasteiger partial charge is 0.187 e. The van der Waals surface area contributed by atoms with Crippen LogP contribution in [0.5, 0.6) is 0 Å². The zero-order chi connectivity index (χ0) is 10.7. The molecule has 0 spiro atoms. The summed E-state index contributed by atoms with van der Waals surface area (Å²) in [6.07, 6.45) is 1.55. The molecule has 1 rings (SSSR count). The summed E-state index contributed by atoms with van der Waals surface area (Å²) in [6, 6.07) is 4.85. The molecular formula is C11H10Cl2O. The van der Waals surface area contributed by atoms with Gasteiger partial charge in [-0.05, 0) is 38.1 Å². The second-order valence-electron chi connectivity index (χ2n) is 3.21. The molecule has 0 radical (unpaired) electrons. The highest BCUT2D eigenvalue weighted by Gasteiger charge is 2.07. The first-order valence-electron chi connectivity index (χ1n) is 4.15. The number of rotatable bonds is 2. The Bertz CT molecular complexity index is 390. The zero-order valence-electron chi connectivity index (χ0n) is 7.97. The van der Waals surface area contributed by atoms with E-state index in [0.717, 1.165) is 5.57 Å². The SMILES string of the molecule is CC(C)=CC(=O)c1ccc(Cl)cc1Cl. The molecule has 0 aliphatic rings. The second-order valence-corrected chi connectivity index (χ2v) is 4.05. The molecule has 0 fully saturated rings. The zero-order valence-corrected chi connectivity index (χ0v) is 9.49. The fraction of sp³-hybridized carbons (Fsp3) is 0.182. The summed E-state index contributed by atoms with van der Waals surface area (Å²) in [5.41, 5.74) is 1.43. The van der Waals surface area contributed by atoms with E-state index < -0.39 is 0 Å². The van der Waals surface area contributed by atoms with Gasteiger partial charge in [0.05, 0.1) is 5.02 Å². The Labute approximate surface area is 93.3 Å². The summed E-state index contributed by atoms with van der Waals surface area (Å²) in [4.78, 5) is 11.6. The molecule has 0 amide bonds. The molecule has 0 unspecified atom stereocenters. The number of carbonyl (C=O) groups is 1. The van der Waals surface area contributed by atoms with Gasteiger partial charge in [0.15, 0.2) is 5.78 Å². The number of hydrogen-bond acceptors (Lipinski definition) is 1. The molecule has 0 bridgehead atoms. The average Bonchev–Trinajstić information content (AvgIpc) is 2.01. The third kappa shape index (κ3) is 2.86. The summed E-state index contributed by atoms with van der Waals surface area (Å²) in [6.45, 7) is 3.73. The lowest BCUT2D eigenvalue weighted by Crippen LogP contribution is -1.96. The van der Waals surface area contributed by atoms with Gasteiger partial charge in [-0.3, -0.25) is 4.79 Å². The van der Waals surface area contributed by atoms with Crippen molar-refractivity contribution in [2.45, 2.75) is 13.8 Å². The van der Waals surface area contributed by atoms with Crippen LogP contribution in [0.1, 0.15) is 24.2 Å². The molecule has 14 heavy (non-hydrogen) atoms. The van der Waals surface area contributed by atoms with Crippen molar-refractivity contribution >= 4 is 29.0 Å². The standard InChI is InChI=1S/C11H10Cl2O/c1-7(2)5-11(14)9-4-3-8(12)6-10(9)13/h3-6H,1-2H3. The summed E-state index contributed by atoms with van der Waals surface area (Å²) in [5, 5.41) is 0.920. The molecule has 74 valence electrons. The van der Waals surface area contributed by atoms with Crippen LogP contribution in [0.4, 0.5) is 0 Å². The molecule has 1 nitrogen and oxygen atoms in total. The quantitative estimate of drug-likeness (QED) is 0.550. The molecule has 0 aromatic heterocycles. The monoisotopic (exact) mass is 228 g/mol. The van der Waals surface area contributed by atoms with Crippen molar-refractivity contribution in [2.24, 2.45) is 0 Å². The number of carbonyl (C=O) groups excluding carboxylic acids is 1. The number of benzene rings is 1. The van der Waals surface area contributed by atoms with Crippen molar-refractivity contribution in [1.29, 1.82) is 0 Å². The number of ketones is 1. The van der Waals surface area contributed by atoms with Gasteiger partial charge in [0, 0.05) is 10.6 Å². The Morgan fingerprint density at radius 3 is 2.43 bits per heavy atom. The van der Waals surface area contributed by atoms with E-state index in [1.807, 2.05) is 13.8 Å². The first-order valence-corrected chi connectivity index (χ1v) is 4.90. The van der Waals surface area contributed by atoms with Crippen LogP contribution in [0.15, 0.2) is 29.8 Å². The molecule has 3 heteroatoms. The molecule has 0 saturated carbocycles. The maximum atomic E-state index is 11.6. The van der Waals surface area contributed by atoms with Gasteiger partial charge in [-0.2, -0.15) is 0 Å². The Kier molecular flexibility index (Phi) is 3.73. The van der Waals surface area contributed by atoms with Gasteiger partial charge in [-0.1, -0.05) is 28.8 Å². The van der Waals surface area contributed by atoms with E-state index in [0.29, 0.717) is 15.6 Å².